The van der Waals surface area contributed by atoms with E-state index < -0.39 is 0 Å². The Labute approximate surface area is 105 Å². The first-order valence-electron chi connectivity index (χ1n) is 5.26. The molecule has 1 amide bonds. The van der Waals surface area contributed by atoms with Crippen molar-refractivity contribution in [1.82, 2.24) is 5.32 Å². The maximum absolute atomic E-state index is 11.7. The molecule has 3 nitrogen and oxygen atoms in total. The molecule has 2 N–H and O–H groups in total. The maximum atomic E-state index is 11.7. The van der Waals surface area contributed by atoms with Crippen molar-refractivity contribution in [3.63, 3.8) is 0 Å². The molecule has 1 rings (SSSR count). The van der Waals surface area contributed by atoms with Gasteiger partial charge in [-0.1, -0.05) is 28.9 Å². The molecule has 0 aliphatic carbocycles. The SMILES string of the molecule is CNCC(C)C(=O)Nc1ccc(C)c(Br)c1. The highest BCUT2D eigenvalue weighted by atomic mass is 79.9. The minimum absolute atomic E-state index is 0.0325. The summed E-state index contributed by atoms with van der Waals surface area (Å²) in [6.07, 6.45) is 0. The molecule has 0 aliphatic rings. The Morgan fingerprint density at radius 3 is 2.75 bits per heavy atom. The summed E-state index contributed by atoms with van der Waals surface area (Å²) in [4.78, 5) is 11.7. The van der Waals surface area contributed by atoms with E-state index in [1.54, 1.807) is 0 Å². The number of halogens is 1. The van der Waals surface area contributed by atoms with Crippen LogP contribution >= 0.6 is 15.9 Å². The lowest BCUT2D eigenvalue weighted by molar-refractivity contribution is -0.119. The van der Waals surface area contributed by atoms with Gasteiger partial charge in [0.25, 0.3) is 0 Å². The number of anilines is 1. The molecular weight excluding hydrogens is 268 g/mol. The lowest BCUT2D eigenvalue weighted by Gasteiger charge is -2.12. The minimum Gasteiger partial charge on any atom is -0.326 e. The standard InChI is InChI=1S/C12H17BrN2O/c1-8-4-5-10(6-11(8)13)15-12(16)9(2)7-14-3/h4-6,9,14H,7H2,1-3H3,(H,15,16). The zero-order valence-electron chi connectivity index (χ0n) is 9.80. The summed E-state index contributed by atoms with van der Waals surface area (Å²) in [6, 6.07) is 5.80. The topological polar surface area (TPSA) is 41.1 Å². The molecule has 4 heteroatoms. The quantitative estimate of drug-likeness (QED) is 0.892. The van der Waals surface area contributed by atoms with Gasteiger partial charge < -0.3 is 10.6 Å². The number of aryl methyl sites for hydroxylation is 1. The van der Waals surface area contributed by atoms with E-state index >= 15 is 0 Å². The van der Waals surface area contributed by atoms with Crippen LogP contribution in [0.2, 0.25) is 0 Å². The smallest absolute Gasteiger partial charge is 0.228 e. The second-order valence-corrected chi connectivity index (χ2v) is 4.77. The number of benzene rings is 1. The van der Waals surface area contributed by atoms with Gasteiger partial charge in [-0.2, -0.15) is 0 Å². The molecule has 1 atom stereocenters. The zero-order valence-corrected chi connectivity index (χ0v) is 11.4. The summed E-state index contributed by atoms with van der Waals surface area (Å²) in [5.74, 6) is -0.00446. The molecule has 0 aliphatic heterocycles. The van der Waals surface area contributed by atoms with Gasteiger partial charge in [0.1, 0.15) is 0 Å². The molecule has 0 spiro atoms. The highest BCUT2D eigenvalue weighted by Gasteiger charge is 2.11. The largest absolute Gasteiger partial charge is 0.326 e. The van der Waals surface area contributed by atoms with Crippen LogP contribution in [0.3, 0.4) is 0 Å². The molecular formula is C12H17BrN2O. The third-order valence-electron chi connectivity index (χ3n) is 2.40. The van der Waals surface area contributed by atoms with E-state index in [-0.39, 0.29) is 11.8 Å². The molecule has 0 radical (unpaired) electrons. The molecule has 0 aromatic heterocycles. The number of carbonyl (C=O) groups is 1. The van der Waals surface area contributed by atoms with Gasteiger partial charge in [0, 0.05) is 22.6 Å². The summed E-state index contributed by atoms with van der Waals surface area (Å²) >= 11 is 3.44. The van der Waals surface area contributed by atoms with Crippen molar-refractivity contribution in [1.29, 1.82) is 0 Å². The van der Waals surface area contributed by atoms with Crippen molar-refractivity contribution < 1.29 is 4.79 Å². The summed E-state index contributed by atoms with van der Waals surface area (Å²) in [6.45, 7) is 4.59. The summed E-state index contributed by atoms with van der Waals surface area (Å²) < 4.78 is 1.01. The van der Waals surface area contributed by atoms with Crippen molar-refractivity contribution in [2.75, 3.05) is 18.9 Å². The van der Waals surface area contributed by atoms with Gasteiger partial charge in [0.2, 0.25) is 5.91 Å². The van der Waals surface area contributed by atoms with Crippen LogP contribution in [-0.4, -0.2) is 19.5 Å². The number of rotatable bonds is 4. The van der Waals surface area contributed by atoms with Crippen LogP contribution in [0.25, 0.3) is 0 Å². The molecule has 0 saturated heterocycles. The fraction of sp³-hybridized carbons (Fsp3) is 0.417. The van der Waals surface area contributed by atoms with Crippen molar-refractivity contribution in [2.45, 2.75) is 13.8 Å². The average Bonchev–Trinajstić information content (AvgIpc) is 2.24. The molecule has 0 saturated carbocycles. The van der Waals surface area contributed by atoms with E-state index in [1.165, 1.54) is 0 Å². The second kappa shape index (κ2) is 6.01. The fourth-order valence-corrected chi connectivity index (χ4v) is 1.71. The minimum atomic E-state index is -0.0370. The lowest BCUT2D eigenvalue weighted by Crippen LogP contribution is -2.28. The Hall–Kier alpha value is -0.870. The van der Waals surface area contributed by atoms with Crippen molar-refractivity contribution >= 4 is 27.5 Å². The molecule has 0 fully saturated rings. The number of carbonyl (C=O) groups excluding carboxylic acids is 1. The molecule has 1 unspecified atom stereocenters. The normalized spacial score (nSPS) is 12.2. The Morgan fingerprint density at radius 2 is 2.19 bits per heavy atom. The summed E-state index contributed by atoms with van der Waals surface area (Å²) in [7, 11) is 1.84. The third kappa shape index (κ3) is 3.61. The van der Waals surface area contributed by atoms with E-state index in [1.807, 2.05) is 39.1 Å². The summed E-state index contributed by atoms with van der Waals surface area (Å²) in [5, 5.41) is 5.87. The Balaban J connectivity index is 2.66. The van der Waals surface area contributed by atoms with Crippen LogP contribution in [0.4, 0.5) is 5.69 Å². The van der Waals surface area contributed by atoms with E-state index in [0.29, 0.717) is 6.54 Å². The van der Waals surface area contributed by atoms with Crippen LogP contribution in [0.1, 0.15) is 12.5 Å². The highest BCUT2D eigenvalue weighted by molar-refractivity contribution is 9.10. The number of nitrogens with one attached hydrogen (secondary N) is 2. The fourth-order valence-electron chi connectivity index (χ4n) is 1.33. The van der Waals surface area contributed by atoms with Gasteiger partial charge in [-0.25, -0.2) is 0 Å². The van der Waals surface area contributed by atoms with Crippen molar-refractivity contribution in [3.8, 4) is 0 Å². The van der Waals surface area contributed by atoms with Crippen LogP contribution in [0, 0.1) is 12.8 Å². The maximum Gasteiger partial charge on any atom is 0.228 e. The molecule has 0 bridgehead atoms. The average molecular weight is 285 g/mol. The first-order chi connectivity index (χ1) is 7.54. The highest BCUT2D eigenvalue weighted by Crippen LogP contribution is 2.20. The number of hydrogen-bond donors (Lipinski definition) is 2. The van der Waals surface area contributed by atoms with Gasteiger partial charge in [-0.05, 0) is 31.7 Å². The Morgan fingerprint density at radius 1 is 1.50 bits per heavy atom. The third-order valence-corrected chi connectivity index (χ3v) is 3.25. The Bertz CT molecular complexity index is 379. The van der Waals surface area contributed by atoms with Crippen LogP contribution < -0.4 is 10.6 Å². The molecule has 1 aromatic rings. The molecule has 88 valence electrons. The number of hydrogen-bond acceptors (Lipinski definition) is 2. The monoisotopic (exact) mass is 284 g/mol. The number of amides is 1. The van der Waals surface area contributed by atoms with Gasteiger partial charge in [0.05, 0.1) is 0 Å². The van der Waals surface area contributed by atoms with Crippen LogP contribution in [-0.2, 0) is 4.79 Å². The predicted molar refractivity (Wildman–Crippen MR) is 70.6 cm³/mol. The molecule has 1 aromatic carbocycles. The van der Waals surface area contributed by atoms with Crippen LogP contribution in [0.5, 0.6) is 0 Å². The van der Waals surface area contributed by atoms with Gasteiger partial charge >= 0.3 is 0 Å². The van der Waals surface area contributed by atoms with Gasteiger partial charge in [-0.15, -0.1) is 0 Å². The zero-order chi connectivity index (χ0) is 12.1. The van der Waals surface area contributed by atoms with Crippen molar-refractivity contribution in [2.24, 2.45) is 5.92 Å². The van der Waals surface area contributed by atoms with E-state index in [2.05, 4.69) is 26.6 Å². The van der Waals surface area contributed by atoms with E-state index in [9.17, 15) is 4.79 Å². The van der Waals surface area contributed by atoms with E-state index in [0.717, 1.165) is 15.7 Å². The van der Waals surface area contributed by atoms with Crippen molar-refractivity contribution in [3.05, 3.63) is 28.2 Å². The van der Waals surface area contributed by atoms with Gasteiger partial charge in [-0.3, -0.25) is 4.79 Å². The second-order valence-electron chi connectivity index (χ2n) is 3.91. The Kier molecular flexibility index (Phi) is 4.96. The van der Waals surface area contributed by atoms with E-state index in [4.69, 9.17) is 0 Å². The van der Waals surface area contributed by atoms with Gasteiger partial charge in [0.15, 0.2) is 0 Å². The van der Waals surface area contributed by atoms with Crippen LogP contribution in [0.15, 0.2) is 22.7 Å². The first kappa shape index (κ1) is 13.2. The summed E-state index contributed by atoms with van der Waals surface area (Å²) in [5.41, 5.74) is 1.98. The lowest BCUT2D eigenvalue weighted by atomic mass is 10.1. The first-order valence-corrected chi connectivity index (χ1v) is 6.05. The molecule has 16 heavy (non-hydrogen) atoms. The molecule has 0 heterocycles. The predicted octanol–water partition coefficient (Wildman–Crippen LogP) is 2.55.